The van der Waals surface area contributed by atoms with Crippen LogP contribution in [0.4, 0.5) is 0 Å². The summed E-state index contributed by atoms with van der Waals surface area (Å²) >= 11 is 1.53. The molecule has 14 nitrogen and oxygen atoms in total. The van der Waals surface area contributed by atoms with E-state index in [1.54, 1.807) is 72.9 Å². The molecule has 2 aromatic heterocycles. The number of aromatic nitrogens is 2. The Hall–Kier alpha value is -6.35. The maximum Gasteiger partial charge on any atom is 0.338 e. The highest BCUT2D eigenvalue weighted by molar-refractivity contribution is 7.09. The van der Waals surface area contributed by atoms with Crippen LogP contribution in [0.5, 0.6) is 0 Å². The minimum Gasteiger partial charge on any atom is -0.457 e. The first-order valence-electron chi connectivity index (χ1n) is 17.1. The Balaban J connectivity index is 1.30. The summed E-state index contributed by atoms with van der Waals surface area (Å²) < 4.78 is 13.3. The number of aryl methyl sites for hydroxylation is 1. The predicted octanol–water partition coefficient (Wildman–Crippen LogP) is 7.48. The lowest BCUT2D eigenvalue weighted by molar-refractivity contribution is -0.763. The summed E-state index contributed by atoms with van der Waals surface area (Å²) in [7, 11) is 0. The number of thiophene rings is 1. The van der Waals surface area contributed by atoms with Gasteiger partial charge in [-0.05, 0) is 63.9 Å². The van der Waals surface area contributed by atoms with Crippen molar-refractivity contribution in [1.29, 1.82) is 0 Å². The number of benzene rings is 3. The average Bonchev–Trinajstić information content (AvgIpc) is 3.83. The summed E-state index contributed by atoms with van der Waals surface area (Å²) in [6.45, 7) is 2.08. The van der Waals surface area contributed by atoms with E-state index >= 15 is 0 Å². The molecule has 15 heteroatoms. The molecule has 0 aliphatic carbocycles. The van der Waals surface area contributed by atoms with E-state index in [2.05, 4.69) is 21.2 Å². The maximum atomic E-state index is 13.6. The molecule has 0 saturated heterocycles. The van der Waals surface area contributed by atoms with Crippen LogP contribution in [0.3, 0.4) is 0 Å². The van der Waals surface area contributed by atoms with Crippen LogP contribution in [0.2, 0.25) is 0 Å². The van der Waals surface area contributed by atoms with Crippen molar-refractivity contribution in [2.75, 3.05) is 0 Å². The molecular formula is C39H38N4O10S. The van der Waals surface area contributed by atoms with Crippen LogP contribution in [-0.4, -0.2) is 31.7 Å². The van der Waals surface area contributed by atoms with E-state index in [-0.39, 0.29) is 26.4 Å². The quantitative estimate of drug-likeness (QED) is 0.0333. The number of rotatable bonds is 20. The number of carbonyl (C=O) groups excluding carboxylic acids is 2. The Labute approximate surface area is 314 Å². The summed E-state index contributed by atoms with van der Waals surface area (Å²) in [5.74, 6) is -0.163. The van der Waals surface area contributed by atoms with Crippen molar-refractivity contribution in [3.05, 3.63) is 172 Å². The van der Waals surface area contributed by atoms with Crippen molar-refractivity contribution in [2.24, 2.45) is 0 Å². The molecule has 0 saturated carbocycles. The zero-order valence-corrected chi connectivity index (χ0v) is 30.3. The summed E-state index contributed by atoms with van der Waals surface area (Å²) in [5.41, 5.74) is 4.91. The molecule has 5 rings (SSSR count). The fourth-order valence-corrected chi connectivity index (χ4v) is 6.23. The lowest BCUT2D eigenvalue weighted by atomic mass is 10.1. The van der Waals surface area contributed by atoms with Crippen molar-refractivity contribution in [2.45, 2.75) is 65.6 Å². The first-order chi connectivity index (χ1) is 26.2. The second-order valence-electron chi connectivity index (χ2n) is 12.2. The van der Waals surface area contributed by atoms with Crippen LogP contribution < -0.4 is 0 Å². The molecule has 5 aromatic rings. The number of carbonyl (C=O) groups is 2. The first-order valence-corrected chi connectivity index (χ1v) is 18.0. The maximum absolute atomic E-state index is 13.6. The molecule has 0 aliphatic heterocycles. The van der Waals surface area contributed by atoms with Crippen molar-refractivity contribution in [3.63, 3.8) is 0 Å². The number of esters is 2. The number of hydrogen-bond donors (Lipinski definition) is 0. The molecule has 2 heterocycles. The SMILES string of the molecule is CCCCc1ncc(/C=C(\Cc2cccs2)C(=O)OCc2cccc(CO[N+](=O)[O-])c2)n1Cc1ccc(C(=O)OCc2cccc(CO[N+](=O)[O-])c2)cc1. The second-order valence-corrected chi connectivity index (χ2v) is 13.2. The molecule has 280 valence electrons. The Morgan fingerprint density at radius 2 is 1.41 bits per heavy atom. The van der Waals surface area contributed by atoms with Gasteiger partial charge in [0.05, 0.1) is 17.5 Å². The number of unbranched alkanes of at least 4 members (excludes halogenated alkanes) is 1. The van der Waals surface area contributed by atoms with Gasteiger partial charge in [0.1, 0.15) is 32.3 Å². The van der Waals surface area contributed by atoms with E-state index in [0.29, 0.717) is 46.4 Å². The largest absolute Gasteiger partial charge is 0.457 e. The van der Waals surface area contributed by atoms with Gasteiger partial charge in [-0.15, -0.1) is 31.6 Å². The third-order valence-corrected chi connectivity index (χ3v) is 9.05. The number of hydrogen-bond acceptors (Lipinski definition) is 12. The second kappa shape index (κ2) is 19.5. The lowest BCUT2D eigenvalue weighted by Crippen LogP contribution is -2.12. The Bertz CT molecular complexity index is 2080. The van der Waals surface area contributed by atoms with Gasteiger partial charge in [-0.1, -0.05) is 80.1 Å². The Morgan fingerprint density at radius 3 is 1.98 bits per heavy atom. The number of ether oxygens (including phenoxy) is 2. The Morgan fingerprint density at radius 1 is 0.796 bits per heavy atom. The summed E-state index contributed by atoms with van der Waals surface area (Å²) in [6, 6.07) is 24.6. The van der Waals surface area contributed by atoms with Crippen molar-refractivity contribution in [3.8, 4) is 0 Å². The van der Waals surface area contributed by atoms with E-state index in [0.717, 1.165) is 41.2 Å². The Kier molecular flexibility index (Phi) is 14.0. The molecule has 0 aliphatic rings. The minimum atomic E-state index is -0.860. The predicted molar refractivity (Wildman–Crippen MR) is 198 cm³/mol. The third-order valence-electron chi connectivity index (χ3n) is 8.18. The molecular weight excluding hydrogens is 717 g/mol. The smallest absolute Gasteiger partial charge is 0.338 e. The van der Waals surface area contributed by atoms with Crippen LogP contribution in [-0.2, 0) is 69.8 Å². The van der Waals surface area contributed by atoms with E-state index in [1.165, 1.54) is 11.3 Å². The highest BCUT2D eigenvalue weighted by Gasteiger charge is 2.17. The van der Waals surface area contributed by atoms with Gasteiger partial charge in [0.25, 0.3) is 10.2 Å². The molecule has 0 fully saturated rings. The van der Waals surface area contributed by atoms with E-state index in [4.69, 9.17) is 14.5 Å². The zero-order chi connectivity index (χ0) is 38.3. The molecule has 0 radical (unpaired) electrons. The van der Waals surface area contributed by atoms with Gasteiger partial charge in [0, 0.05) is 29.8 Å². The van der Waals surface area contributed by atoms with Crippen LogP contribution >= 0.6 is 11.3 Å². The third kappa shape index (κ3) is 11.8. The normalized spacial score (nSPS) is 11.2. The molecule has 0 N–H and O–H groups in total. The molecule has 54 heavy (non-hydrogen) atoms. The molecule has 0 bridgehead atoms. The van der Waals surface area contributed by atoms with Gasteiger partial charge < -0.3 is 23.7 Å². The summed E-state index contributed by atoms with van der Waals surface area (Å²) in [4.78, 5) is 62.2. The standard InChI is InChI=1S/C39H38N4O10S/c1-2-3-12-37-40-22-35(20-34(21-36-11-6-17-54-36)39(45)51-25-30-8-5-10-32(19-30)27-53-43(48)49)41(37)23-28-13-15-33(16-14-28)38(44)50-24-29-7-4-9-31(18-29)26-52-42(46)47/h4-11,13-20,22H,2-3,12,21,23-27H2,1H3/b34-20+. The van der Waals surface area contributed by atoms with Crippen molar-refractivity contribution >= 4 is 29.4 Å². The van der Waals surface area contributed by atoms with Crippen LogP contribution in [0.1, 0.15) is 74.3 Å². The average molecular weight is 755 g/mol. The molecule has 3 aromatic carbocycles. The van der Waals surface area contributed by atoms with Gasteiger partial charge in [-0.25, -0.2) is 14.6 Å². The van der Waals surface area contributed by atoms with Crippen molar-refractivity contribution in [1.82, 2.24) is 9.55 Å². The summed E-state index contributed by atoms with van der Waals surface area (Å²) in [5, 5.41) is 21.4. The molecule has 0 atom stereocenters. The highest BCUT2D eigenvalue weighted by Crippen LogP contribution is 2.22. The van der Waals surface area contributed by atoms with Gasteiger partial charge >= 0.3 is 11.9 Å². The van der Waals surface area contributed by atoms with Gasteiger partial charge in [0.2, 0.25) is 0 Å². The van der Waals surface area contributed by atoms with E-state index in [1.807, 2.05) is 29.6 Å². The van der Waals surface area contributed by atoms with Gasteiger partial charge in [-0.2, -0.15) is 0 Å². The molecule has 0 amide bonds. The van der Waals surface area contributed by atoms with Crippen LogP contribution in [0.15, 0.2) is 102 Å². The zero-order valence-electron chi connectivity index (χ0n) is 29.5. The lowest BCUT2D eigenvalue weighted by Gasteiger charge is -2.13. The number of nitrogens with zero attached hydrogens (tertiary/aromatic N) is 4. The topological polar surface area (TPSA) is 175 Å². The summed E-state index contributed by atoms with van der Waals surface area (Å²) in [6.07, 6.45) is 6.52. The van der Waals surface area contributed by atoms with E-state index < -0.39 is 22.1 Å². The van der Waals surface area contributed by atoms with Gasteiger partial charge in [-0.3, -0.25) is 0 Å². The van der Waals surface area contributed by atoms with Gasteiger partial charge in [0.15, 0.2) is 0 Å². The fraction of sp³-hybridized carbons (Fsp3) is 0.256. The monoisotopic (exact) mass is 754 g/mol. The van der Waals surface area contributed by atoms with Crippen LogP contribution in [0.25, 0.3) is 6.08 Å². The molecule has 0 spiro atoms. The number of imidazole rings is 1. The fourth-order valence-electron chi connectivity index (χ4n) is 5.50. The van der Waals surface area contributed by atoms with Crippen LogP contribution in [0, 0.1) is 20.2 Å². The molecule has 0 unspecified atom stereocenters. The van der Waals surface area contributed by atoms with E-state index in [9.17, 15) is 29.8 Å². The first kappa shape index (κ1) is 38.9. The minimum absolute atomic E-state index is 0.0139. The van der Waals surface area contributed by atoms with Crippen molar-refractivity contribution < 1.29 is 38.9 Å². The highest BCUT2D eigenvalue weighted by atomic mass is 32.1.